The molecule has 0 amide bonds. The van der Waals surface area contributed by atoms with Crippen LogP contribution < -0.4 is 5.32 Å². The third kappa shape index (κ3) is 4.22. The number of carbonyl (C=O) groups excluding carboxylic acids is 1. The number of Topliss-reactive ketones (excluding diaryl/α,β-unsaturated/α-hetero) is 1. The molecule has 1 aromatic rings. The lowest BCUT2D eigenvalue weighted by molar-refractivity contribution is -0.0992. The van der Waals surface area contributed by atoms with Crippen molar-refractivity contribution in [1.29, 1.82) is 0 Å². The molecule has 0 fully saturated rings. The lowest BCUT2D eigenvalue weighted by Crippen LogP contribution is -2.40. The Kier molecular flexibility index (Phi) is 5.98. The fourth-order valence-corrected chi connectivity index (χ4v) is 1.60. The van der Waals surface area contributed by atoms with Gasteiger partial charge in [-0.15, -0.1) is 0 Å². The summed E-state index contributed by atoms with van der Waals surface area (Å²) in [5.41, 5.74) is 1.86. The number of methoxy groups -OCH3 is 2. The van der Waals surface area contributed by atoms with Crippen LogP contribution in [0.25, 0.3) is 0 Å². The van der Waals surface area contributed by atoms with Crippen molar-refractivity contribution in [3.63, 3.8) is 0 Å². The summed E-state index contributed by atoms with van der Waals surface area (Å²) in [5, 5.41) is 3.10. The zero-order valence-corrected chi connectivity index (χ0v) is 11.4. The van der Waals surface area contributed by atoms with Gasteiger partial charge in [-0.2, -0.15) is 0 Å². The van der Waals surface area contributed by atoms with E-state index in [2.05, 4.69) is 5.32 Å². The van der Waals surface area contributed by atoms with Gasteiger partial charge in [-0.05, 0) is 13.8 Å². The molecule has 0 saturated heterocycles. The van der Waals surface area contributed by atoms with Crippen molar-refractivity contribution in [2.24, 2.45) is 0 Å². The SMILES string of the molecule is COC(CNC(C)C(=O)c1ccc(C)cc1)OC. The van der Waals surface area contributed by atoms with E-state index in [4.69, 9.17) is 9.47 Å². The standard InChI is InChI=1S/C14H21NO3/c1-10-5-7-12(8-6-10)14(16)11(2)15-9-13(17-3)18-4/h5-8,11,13,15H,9H2,1-4H3. The van der Waals surface area contributed by atoms with Gasteiger partial charge in [-0.1, -0.05) is 29.8 Å². The summed E-state index contributed by atoms with van der Waals surface area (Å²) in [7, 11) is 3.14. The summed E-state index contributed by atoms with van der Waals surface area (Å²) in [4.78, 5) is 12.1. The monoisotopic (exact) mass is 251 g/mol. The Morgan fingerprint density at radius 1 is 1.22 bits per heavy atom. The molecule has 0 aliphatic heterocycles. The number of nitrogens with one attached hydrogen (secondary N) is 1. The summed E-state index contributed by atoms with van der Waals surface area (Å²) in [6.07, 6.45) is -0.335. The van der Waals surface area contributed by atoms with Crippen LogP contribution in [0.1, 0.15) is 22.8 Å². The van der Waals surface area contributed by atoms with Gasteiger partial charge in [0.15, 0.2) is 12.1 Å². The molecular formula is C14H21NO3. The van der Waals surface area contributed by atoms with Crippen molar-refractivity contribution in [2.75, 3.05) is 20.8 Å². The molecule has 0 spiro atoms. The van der Waals surface area contributed by atoms with Gasteiger partial charge in [0.05, 0.1) is 6.04 Å². The molecule has 0 saturated carbocycles. The van der Waals surface area contributed by atoms with Crippen molar-refractivity contribution in [2.45, 2.75) is 26.2 Å². The van der Waals surface area contributed by atoms with E-state index in [0.29, 0.717) is 12.1 Å². The first-order valence-corrected chi connectivity index (χ1v) is 5.98. The van der Waals surface area contributed by atoms with Crippen LogP contribution in [-0.2, 0) is 9.47 Å². The highest BCUT2D eigenvalue weighted by Gasteiger charge is 2.16. The van der Waals surface area contributed by atoms with E-state index in [1.54, 1.807) is 14.2 Å². The van der Waals surface area contributed by atoms with Crippen LogP contribution in [0, 0.1) is 6.92 Å². The Morgan fingerprint density at radius 3 is 2.28 bits per heavy atom. The maximum atomic E-state index is 12.1. The van der Waals surface area contributed by atoms with Gasteiger partial charge in [-0.3, -0.25) is 4.79 Å². The second-order valence-corrected chi connectivity index (χ2v) is 4.26. The second kappa shape index (κ2) is 7.26. The number of benzene rings is 1. The normalized spacial score (nSPS) is 12.7. The molecule has 0 bridgehead atoms. The van der Waals surface area contributed by atoms with Gasteiger partial charge in [0, 0.05) is 26.3 Å². The van der Waals surface area contributed by atoms with Crippen LogP contribution >= 0.6 is 0 Å². The average molecular weight is 251 g/mol. The predicted octanol–water partition coefficient (Wildman–Crippen LogP) is 1.77. The Balaban J connectivity index is 2.53. The van der Waals surface area contributed by atoms with E-state index < -0.39 is 0 Å². The summed E-state index contributed by atoms with van der Waals surface area (Å²) >= 11 is 0. The third-order valence-electron chi connectivity index (χ3n) is 2.85. The topological polar surface area (TPSA) is 47.6 Å². The molecule has 4 nitrogen and oxygen atoms in total. The molecule has 0 aromatic heterocycles. The molecule has 0 aliphatic rings. The van der Waals surface area contributed by atoms with Gasteiger partial charge in [0.2, 0.25) is 0 Å². The minimum absolute atomic E-state index is 0.0703. The maximum Gasteiger partial charge on any atom is 0.179 e. The van der Waals surface area contributed by atoms with Crippen LogP contribution in [0.5, 0.6) is 0 Å². The molecule has 4 heteroatoms. The number of ketones is 1. The lowest BCUT2D eigenvalue weighted by atomic mass is 10.0. The van der Waals surface area contributed by atoms with E-state index in [9.17, 15) is 4.79 Å². The Labute approximate surface area is 108 Å². The van der Waals surface area contributed by atoms with Crippen molar-refractivity contribution in [3.05, 3.63) is 35.4 Å². The first kappa shape index (κ1) is 14.8. The number of rotatable bonds is 7. The van der Waals surface area contributed by atoms with E-state index in [1.165, 1.54) is 0 Å². The van der Waals surface area contributed by atoms with Crippen LogP contribution in [0.2, 0.25) is 0 Å². The Bertz CT molecular complexity index is 371. The van der Waals surface area contributed by atoms with Gasteiger partial charge in [-0.25, -0.2) is 0 Å². The third-order valence-corrected chi connectivity index (χ3v) is 2.85. The largest absolute Gasteiger partial charge is 0.355 e. The second-order valence-electron chi connectivity index (χ2n) is 4.26. The van der Waals surface area contributed by atoms with E-state index >= 15 is 0 Å². The lowest BCUT2D eigenvalue weighted by Gasteiger charge is -2.18. The van der Waals surface area contributed by atoms with Crippen molar-refractivity contribution in [3.8, 4) is 0 Å². The molecule has 1 unspecified atom stereocenters. The molecular weight excluding hydrogens is 230 g/mol. The molecule has 1 rings (SSSR count). The van der Waals surface area contributed by atoms with Crippen molar-refractivity contribution < 1.29 is 14.3 Å². The van der Waals surface area contributed by atoms with E-state index in [-0.39, 0.29) is 18.1 Å². The highest BCUT2D eigenvalue weighted by Crippen LogP contribution is 2.06. The first-order valence-electron chi connectivity index (χ1n) is 5.98. The van der Waals surface area contributed by atoms with Crippen LogP contribution in [0.4, 0.5) is 0 Å². The minimum atomic E-state index is -0.335. The molecule has 0 aliphatic carbocycles. The van der Waals surface area contributed by atoms with Gasteiger partial charge < -0.3 is 14.8 Å². The van der Waals surface area contributed by atoms with Crippen LogP contribution in [0.3, 0.4) is 0 Å². The fourth-order valence-electron chi connectivity index (χ4n) is 1.60. The number of ether oxygens (including phenoxy) is 2. The van der Waals surface area contributed by atoms with E-state index in [0.717, 1.165) is 5.56 Å². The summed E-state index contributed by atoms with van der Waals surface area (Å²) in [6, 6.07) is 7.31. The highest BCUT2D eigenvalue weighted by molar-refractivity contribution is 5.99. The smallest absolute Gasteiger partial charge is 0.179 e. The maximum absolute atomic E-state index is 12.1. The molecule has 1 aromatic carbocycles. The molecule has 0 radical (unpaired) electrons. The number of aryl methyl sites for hydroxylation is 1. The fraction of sp³-hybridized carbons (Fsp3) is 0.500. The van der Waals surface area contributed by atoms with Crippen LogP contribution in [-0.4, -0.2) is 38.9 Å². The average Bonchev–Trinajstić information content (AvgIpc) is 2.39. The number of hydrogen-bond donors (Lipinski definition) is 1. The summed E-state index contributed by atoms with van der Waals surface area (Å²) in [5.74, 6) is 0.0703. The first-order chi connectivity index (χ1) is 8.58. The van der Waals surface area contributed by atoms with Crippen molar-refractivity contribution >= 4 is 5.78 Å². The van der Waals surface area contributed by atoms with E-state index in [1.807, 2.05) is 38.1 Å². The zero-order valence-electron chi connectivity index (χ0n) is 11.4. The van der Waals surface area contributed by atoms with Crippen LogP contribution in [0.15, 0.2) is 24.3 Å². The summed E-state index contributed by atoms with van der Waals surface area (Å²) < 4.78 is 10.1. The quantitative estimate of drug-likeness (QED) is 0.592. The van der Waals surface area contributed by atoms with Gasteiger partial charge in [0.1, 0.15) is 0 Å². The minimum Gasteiger partial charge on any atom is -0.355 e. The number of carbonyl (C=O) groups is 1. The molecule has 1 atom stereocenters. The molecule has 18 heavy (non-hydrogen) atoms. The van der Waals surface area contributed by atoms with Crippen molar-refractivity contribution in [1.82, 2.24) is 5.32 Å². The molecule has 100 valence electrons. The predicted molar refractivity (Wildman–Crippen MR) is 70.8 cm³/mol. The molecule has 1 N–H and O–H groups in total. The van der Waals surface area contributed by atoms with Gasteiger partial charge in [0.25, 0.3) is 0 Å². The van der Waals surface area contributed by atoms with Gasteiger partial charge >= 0.3 is 0 Å². The zero-order chi connectivity index (χ0) is 13.5. The molecule has 0 heterocycles. The summed E-state index contributed by atoms with van der Waals surface area (Å²) in [6.45, 7) is 4.31. The number of hydrogen-bond acceptors (Lipinski definition) is 4. The Hall–Kier alpha value is -1.23. The Morgan fingerprint density at radius 2 is 1.78 bits per heavy atom. The highest BCUT2D eigenvalue weighted by atomic mass is 16.7.